The molecule has 0 saturated carbocycles. The Balaban J connectivity index is 2.28. The van der Waals surface area contributed by atoms with Crippen molar-refractivity contribution in [1.82, 2.24) is 4.90 Å². The average Bonchev–Trinajstić information content (AvgIpc) is 2.56. The average molecular weight is 306 g/mol. The van der Waals surface area contributed by atoms with Crippen molar-refractivity contribution in [1.29, 1.82) is 0 Å². The molecule has 1 atom stereocenters. The van der Waals surface area contributed by atoms with Crippen LogP contribution in [0.3, 0.4) is 0 Å². The largest absolute Gasteiger partial charge is 0.497 e. The molecule has 2 amide bonds. The standard InChI is InChI=1S/C16H22N2O4/c1-5-15(19)17-8-9-18(16(20)11(17)2)13-7-6-12(21-3)10-14(13)22-4/h6-7,10-11H,5,8-9H2,1-4H3/t11-/m0/s1. The number of amides is 2. The summed E-state index contributed by atoms with van der Waals surface area (Å²) in [6, 6.07) is 4.88. The maximum Gasteiger partial charge on any atom is 0.249 e. The molecular weight excluding hydrogens is 284 g/mol. The monoisotopic (exact) mass is 306 g/mol. The minimum absolute atomic E-state index is 0.00203. The van der Waals surface area contributed by atoms with Gasteiger partial charge < -0.3 is 19.3 Å². The van der Waals surface area contributed by atoms with Crippen LogP contribution in [-0.4, -0.2) is 50.1 Å². The minimum atomic E-state index is -0.465. The summed E-state index contributed by atoms with van der Waals surface area (Å²) in [6.07, 6.45) is 0.406. The highest BCUT2D eigenvalue weighted by atomic mass is 16.5. The van der Waals surface area contributed by atoms with Gasteiger partial charge in [0.1, 0.15) is 17.5 Å². The third-order valence-corrected chi connectivity index (χ3v) is 3.96. The number of methoxy groups -OCH3 is 2. The van der Waals surface area contributed by atoms with E-state index in [9.17, 15) is 9.59 Å². The summed E-state index contributed by atoms with van der Waals surface area (Å²) >= 11 is 0. The van der Waals surface area contributed by atoms with Crippen LogP contribution in [0.4, 0.5) is 5.69 Å². The summed E-state index contributed by atoms with van der Waals surface area (Å²) in [5.41, 5.74) is 0.698. The van der Waals surface area contributed by atoms with Gasteiger partial charge in [-0.25, -0.2) is 0 Å². The Kier molecular flexibility index (Phi) is 4.90. The second kappa shape index (κ2) is 6.68. The number of piperazine rings is 1. The van der Waals surface area contributed by atoms with Crippen molar-refractivity contribution in [3.05, 3.63) is 18.2 Å². The fraction of sp³-hybridized carbons (Fsp3) is 0.500. The van der Waals surface area contributed by atoms with Crippen LogP contribution < -0.4 is 14.4 Å². The van der Waals surface area contributed by atoms with Gasteiger partial charge in [-0.2, -0.15) is 0 Å². The lowest BCUT2D eigenvalue weighted by Crippen LogP contribution is -2.57. The molecule has 0 unspecified atom stereocenters. The second-order valence-corrected chi connectivity index (χ2v) is 5.14. The Morgan fingerprint density at radius 2 is 2.00 bits per heavy atom. The molecule has 1 heterocycles. The quantitative estimate of drug-likeness (QED) is 0.849. The van der Waals surface area contributed by atoms with Crippen molar-refractivity contribution in [2.24, 2.45) is 0 Å². The molecule has 120 valence electrons. The Bertz CT molecular complexity index is 573. The van der Waals surface area contributed by atoms with Crippen LogP contribution in [0.5, 0.6) is 11.5 Å². The molecule has 0 radical (unpaired) electrons. The molecule has 1 aliphatic heterocycles. The van der Waals surface area contributed by atoms with Crippen LogP contribution in [0, 0.1) is 0 Å². The lowest BCUT2D eigenvalue weighted by molar-refractivity contribution is -0.140. The first-order chi connectivity index (χ1) is 10.5. The summed E-state index contributed by atoms with van der Waals surface area (Å²) < 4.78 is 10.5. The summed E-state index contributed by atoms with van der Waals surface area (Å²) in [6.45, 7) is 4.54. The molecule has 1 saturated heterocycles. The Morgan fingerprint density at radius 1 is 1.27 bits per heavy atom. The van der Waals surface area contributed by atoms with Gasteiger partial charge in [-0.3, -0.25) is 9.59 Å². The molecule has 6 nitrogen and oxygen atoms in total. The summed E-state index contributed by atoms with van der Waals surface area (Å²) in [4.78, 5) is 27.8. The number of benzene rings is 1. The Labute approximate surface area is 130 Å². The van der Waals surface area contributed by atoms with E-state index in [1.165, 1.54) is 0 Å². The number of ether oxygens (including phenoxy) is 2. The van der Waals surface area contributed by atoms with Crippen LogP contribution >= 0.6 is 0 Å². The van der Waals surface area contributed by atoms with Crippen molar-refractivity contribution in [3.8, 4) is 11.5 Å². The van der Waals surface area contributed by atoms with Crippen LogP contribution in [0.15, 0.2) is 18.2 Å². The van der Waals surface area contributed by atoms with Crippen molar-refractivity contribution in [2.45, 2.75) is 26.3 Å². The van der Waals surface area contributed by atoms with Gasteiger partial charge >= 0.3 is 0 Å². The van der Waals surface area contributed by atoms with Gasteiger partial charge in [0.25, 0.3) is 0 Å². The fourth-order valence-electron chi connectivity index (χ4n) is 2.66. The zero-order chi connectivity index (χ0) is 16.3. The maximum absolute atomic E-state index is 12.6. The zero-order valence-corrected chi connectivity index (χ0v) is 13.5. The fourth-order valence-corrected chi connectivity index (χ4v) is 2.66. The molecule has 0 aliphatic carbocycles. The van der Waals surface area contributed by atoms with Crippen LogP contribution in [-0.2, 0) is 9.59 Å². The number of nitrogens with zero attached hydrogens (tertiary/aromatic N) is 2. The molecule has 1 aliphatic rings. The molecule has 0 bridgehead atoms. The molecule has 1 aromatic rings. The second-order valence-electron chi connectivity index (χ2n) is 5.14. The van der Waals surface area contributed by atoms with E-state index < -0.39 is 6.04 Å². The van der Waals surface area contributed by atoms with E-state index in [1.54, 1.807) is 56.1 Å². The highest BCUT2D eigenvalue weighted by molar-refractivity contribution is 6.01. The van der Waals surface area contributed by atoms with Gasteiger partial charge in [0, 0.05) is 25.6 Å². The number of rotatable bonds is 4. The highest BCUT2D eigenvalue weighted by Gasteiger charge is 2.35. The summed E-state index contributed by atoms with van der Waals surface area (Å²) in [5.74, 6) is 1.15. The van der Waals surface area contributed by atoms with E-state index in [1.807, 2.05) is 0 Å². The molecule has 0 N–H and O–H groups in total. The number of anilines is 1. The summed E-state index contributed by atoms with van der Waals surface area (Å²) in [7, 11) is 3.14. The zero-order valence-electron chi connectivity index (χ0n) is 13.5. The lowest BCUT2D eigenvalue weighted by Gasteiger charge is -2.39. The van der Waals surface area contributed by atoms with E-state index >= 15 is 0 Å². The van der Waals surface area contributed by atoms with Crippen LogP contribution in [0.25, 0.3) is 0 Å². The van der Waals surface area contributed by atoms with Gasteiger partial charge in [-0.1, -0.05) is 6.92 Å². The molecule has 1 fully saturated rings. The van der Waals surface area contributed by atoms with Gasteiger partial charge in [-0.15, -0.1) is 0 Å². The number of hydrogen-bond donors (Lipinski definition) is 0. The van der Waals surface area contributed by atoms with Crippen LogP contribution in [0.2, 0.25) is 0 Å². The molecule has 0 spiro atoms. The number of carbonyl (C=O) groups excluding carboxylic acids is 2. The molecule has 2 rings (SSSR count). The third-order valence-electron chi connectivity index (χ3n) is 3.96. The molecular formula is C16H22N2O4. The highest BCUT2D eigenvalue weighted by Crippen LogP contribution is 2.33. The lowest BCUT2D eigenvalue weighted by atomic mass is 10.1. The van der Waals surface area contributed by atoms with Crippen molar-refractivity contribution in [3.63, 3.8) is 0 Å². The van der Waals surface area contributed by atoms with Gasteiger partial charge in [0.15, 0.2) is 0 Å². The predicted octanol–water partition coefficient (Wildman–Crippen LogP) is 1.68. The van der Waals surface area contributed by atoms with Gasteiger partial charge in [0.2, 0.25) is 11.8 Å². The molecule has 0 aromatic heterocycles. The third kappa shape index (κ3) is 2.86. The number of hydrogen-bond acceptors (Lipinski definition) is 4. The Hall–Kier alpha value is -2.24. The molecule has 1 aromatic carbocycles. The van der Waals surface area contributed by atoms with Crippen molar-refractivity contribution >= 4 is 17.5 Å². The first kappa shape index (κ1) is 16.1. The first-order valence-corrected chi connectivity index (χ1v) is 7.36. The normalized spacial score (nSPS) is 18.4. The SMILES string of the molecule is CCC(=O)N1CCN(c2ccc(OC)cc2OC)C(=O)[C@@H]1C. The smallest absolute Gasteiger partial charge is 0.249 e. The van der Waals surface area contributed by atoms with Crippen molar-refractivity contribution < 1.29 is 19.1 Å². The molecule has 6 heteroatoms. The predicted molar refractivity (Wildman–Crippen MR) is 83.4 cm³/mol. The summed E-state index contributed by atoms with van der Waals surface area (Å²) in [5, 5.41) is 0. The van der Waals surface area contributed by atoms with Gasteiger partial charge in [0.05, 0.1) is 19.9 Å². The topological polar surface area (TPSA) is 59.1 Å². The maximum atomic E-state index is 12.6. The Morgan fingerprint density at radius 3 is 2.59 bits per heavy atom. The van der Waals surface area contributed by atoms with Gasteiger partial charge in [-0.05, 0) is 19.1 Å². The van der Waals surface area contributed by atoms with Crippen molar-refractivity contribution in [2.75, 3.05) is 32.2 Å². The van der Waals surface area contributed by atoms with E-state index in [0.29, 0.717) is 36.7 Å². The number of carbonyl (C=O) groups is 2. The van der Waals surface area contributed by atoms with E-state index in [2.05, 4.69) is 0 Å². The minimum Gasteiger partial charge on any atom is -0.497 e. The van der Waals surface area contributed by atoms with Crippen LogP contribution in [0.1, 0.15) is 20.3 Å². The molecule has 22 heavy (non-hydrogen) atoms. The first-order valence-electron chi connectivity index (χ1n) is 7.36. The van der Waals surface area contributed by atoms with E-state index in [-0.39, 0.29) is 11.8 Å². The van der Waals surface area contributed by atoms with E-state index in [0.717, 1.165) is 0 Å². The van der Waals surface area contributed by atoms with E-state index in [4.69, 9.17) is 9.47 Å².